The summed E-state index contributed by atoms with van der Waals surface area (Å²) in [5.74, 6) is 1.09. The van der Waals surface area contributed by atoms with Crippen LogP contribution < -0.4 is 14.8 Å². The van der Waals surface area contributed by atoms with Crippen LogP contribution in [0.1, 0.15) is 29.7 Å². The molecule has 1 N–H and O–H groups in total. The van der Waals surface area contributed by atoms with Crippen LogP contribution in [0.3, 0.4) is 0 Å². The molecule has 3 aromatic carbocycles. The van der Waals surface area contributed by atoms with Gasteiger partial charge in [0.2, 0.25) is 5.95 Å². The monoisotopic (exact) mass is 550 g/mol. The Kier molecular flexibility index (Phi) is 7.53. The van der Waals surface area contributed by atoms with E-state index < -0.39 is 12.0 Å². The van der Waals surface area contributed by atoms with E-state index in [0.29, 0.717) is 38.8 Å². The Morgan fingerprint density at radius 1 is 0.974 bits per heavy atom. The predicted molar refractivity (Wildman–Crippen MR) is 145 cm³/mol. The van der Waals surface area contributed by atoms with Crippen LogP contribution in [0.5, 0.6) is 11.5 Å². The van der Waals surface area contributed by atoms with Gasteiger partial charge in [0.25, 0.3) is 0 Å². The fraction of sp³-hybridized carbons (Fsp3) is 0.179. The topological polar surface area (TPSA) is 87.5 Å². The number of ether oxygens (including phenoxy) is 3. The smallest absolute Gasteiger partial charge is 0.338 e. The minimum Gasteiger partial charge on any atom is -0.493 e. The number of fused-ring (bicyclic) bond motifs is 1. The first-order valence-electron chi connectivity index (χ1n) is 11.8. The van der Waals surface area contributed by atoms with Crippen molar-refractivity contribution in [3.63, 3.8) is 0 Å². The van der Waals surface area contributed by atoms with E-state index in [9.17, 15) is 4.79 Å². The third kappa shape index (κ3) is 5.32. The van der Waals surface area contributed by atoms with Crippen LogP contribution in [-0.2, 0) is 22.7 Å². The number of allylic oxidation sites excluding steroid dienone is 1. The van der Waals surface area contributed by atoms with Crippen molar-refractivity contribution in [3.8, 4) is 11.5 Å². The van der Waals surface area contributed by atoms with Crippen LogP contribution in [0.25, 0.3) is 0 Å². The van der Waals surface area contributed by atoms with Gasteiger partial charge in [-0.25, -0.2) is 9.48 Å². The van der Waals surface area contributed by atoms with Gasteiger partial charge < -0.3 is 19.5 Å². The first-order valence-corrected chi connectivity index (χ1v) is 12.5. The summed E-state index contributed by atoms with van der Waals surface area (Å²) in [5.41, 5.74) is 3.56. The van der Waals surface area contributed by atoms with Crippen LogP contribution in [0.4, 0.5) is 5.95 Å². The number of anilines is 1. The summed E-state index contributed by atoms with van der Waals surface area (Å²) in [6.45, 7) is 2.23. The minimum absolute atomic E-state index is 0.151. The number of hydrogen-bond donors (Lipinski definition) is 1. The highest BCUT2D eigenvalue weighted by Crippen LogP contribution is 2.39. The number of carbonyl (C=O) groups excluding carboxylic acids is 1. The lowest BCUT2D eigenvalue weighted by molar-refractivity contribution is -0.140. The highest BCUT2D eigenvalue weighted by Gasteiger charge is 2.35. The molecule has 1 aliphatic rings. The lowest BCUT2D eigenvalue weighted by Gasteiger charge is -2.28. The van der Waals surface area contributed by atoms with E-state index in [-0.39, 0.29) is 13.2 Å². The molecular formula is C28H24Cl2N4O4. The summed E-state index contributed by atoms with van der Waals surface area (Å²) in [4.78, 5) is 17.7. The van der Waals surface area contributed by atoms with E-state index in [1.165, 1.54) is 6.33 Å². The van der Waals surface area contributed by atoms with E-state index in [1.54, 1.807) is 30.0 Å². The molecule has 1 atom stereocenters. The van der Waals surface area contributed by atoms with Crippen LogP contribution in [0, 0.1) is 0 Å². The first-order chi connectivity index (χ1) is 18.4. The first kappa shape index (κ1) is 25.6. The van der Waals surface area contributed by atoms with Gasteiger partial charge in [-0.15, -0.1) is 0 Å². The van der Waals surface area contributed by atoms with Gasteiger partial charge in [0.1, 0.15) is 25.6 Å². The van der Waals surface area contributed by atoms with Crippen LogP contribution in [-0.4, -0.2) is 27.8 Å². The van der Waals surface area contributed by atoms with Gasteiger partial charge in [0.15, 0.2) is 11.5 Å². The molecule has 8 nitrogen and oxygen atoms in total. The van der Waals surface area contributed by atoms with Crippen molar-refractivity contribution in [1.29, 1.82) is 0 Å². The Labute approximate surface area is 229 Å². The maximum Gasteiger partial charge on any atom is 0.338 e. The summed E-state index contributed by atoms with van der Waals surface area (Å²) in [7, 11) is 1.56. The normalized spacial score (nSPS) is 14.5. The molecule has 1 unspecified atom stereocenters. The van der Waals surface area contributed by atoms with E-state index in [2.05, 4.69) is 15.4 Å². The fourth-order valence-electron chi connectivity index (χ4n) is 4.23. The van der Waals surface area contributed by atoms with Crippen molar-refractivity contribution in [1.82, 2.24) is 14.8 Å². The van der Waals surface area contributed by atoms with Gasteiger partial charge >= 0.3 is 5.97 Å². The zero-order valence-corrected chi connectivity index (χ0v) is 22.2. The molecule has 4 aromatic rings. The zero-order valence-electron chi connectivity index (χ0n) is 20.7. The Balaban J connectivity index is 1.43. The molecule has 1 aliphatic heterocycles. The van der Waals surface area contributed by atoms with Gasteiger partial charge in [-0.05, 0) is 47.9 Å². The molecule has 38 heavy (non-hydrogen) atoms. The van der Waals surface area contributed by atoms with Crippen molar-refractivity contribution >= 4 is 35.1 Å². The van der Waals surface area contributed by atoms with Gasteiger partial charge in [0, 0.05) is 5.70 Å². The fourth-order valence-corrected chi connectivity index (χ4v) is 4.55. The number of nitrogens with zero attached hydrogens (tertiary/aromatic N) is 3. The number of nitrogens with one attached hydrogen (secondary N) is 1. The summed E-state index contributed by atoms with van der Waals surface area (Å²) in [5, 5.41) is 8.46. The molecule has 0 amide bonds. The largest absolute Gasteiger partial charge is 0.493 e. The molecule has 0 radical (unpaired) electrons. The molecule has 0 saturated heterocycles. The van der Waals surface area contributed by atoms with Crippen molar-refractivity contribution < 1.29 is 19.0 Å². The number of benzene rings is 3. The molecule has 5 rings (SSSR count). The predicted octanol–water partition coefficient (Wildman–Crippen LogP) is 6.20. The maximum absolute atomic E-state index is 13.4. The second kappa shape index (κ2) is 11.2. The molecule has 2 heterocycles. The van der Waals surface area contributed by atoms with Gasteiger partial charge in [0.05, 0.1) is 22.7 Å². The highest BCUT2D eigenvalue weighted by molar-refractivity contribution is 6.42. The molecule has 0 aliphatic carbocycles. The summed E-state index contributed by atoms with van der Waals surface area (Å²) in [6, 6.07) is 19.8. The van der Waals surface area contributed by atoms with Crippen molar-refractivity contribution in [2.75, 3.05) is 12.4 Å². The molecule has 0 fully saturated rings. The third-order valence-electron chi connectivity index (χ3n) is 6.11. The van der Waals surface area contributed by atoms with E-state index in [1.807, 2.05) is 55.5 Å². The minimum atomic E-state index is -0.588. The molecule has 1 aromatic heterocycles. The van der Waals surface area contributed by atoms with E-state index in [4.69, 9.17) is 37.4 Å². The summed E-state index contributed by atoms with van der Waals surface area (Å²) < 4.78 is 19.0. The molecule has 10 heteroatoms. The Hall–Kier alpha value is -4.01. The number of methoxy groups -OCH3 is 1. The number of hydrogen-bond acceptors (Lipinski definition) is 7. The lowest BCUT2D eigenvalue weighted by Crippen LogP contribution is -2.29. The second-order valence-electron chi connectivity index (χ2n) is 8.60. The van der Waals surface area contributed by atoms with Crippen LogP contribution in [0.15, 0.2) is 84.3 Å². The molecule has 194 valence electrons. The van der Waals surface area contributed by atoms with E-state index >= 15 is 0 Å². The Morgan fingerprint density at radius 3 is 2.55 bits per heavy atom. The SMILES string of the molecule is COc1cc(C2C(C(=O)OCc3ccccc3)=C(C)Nc3ncnn32)ccc1OCc1ccc(Cl)c(Cl)c1. The number of carbonyl (C=O) groups is 1. The highest BCUT2D eigenvalue weighted by atomic mass is 35.5. The van der Waals surface area contributed by atoms with Crippen molar-refractivity contribution in [3.05, 3.63) is 111 Å². The summed E-state index contributed by atoms with van der Waals surface area (Å²) >= 11 is 12.1. The maximum atomic E-state index is 13.4. The third-order valence-corrected chi connectivity index (χ3v) is 6.85. The van der Waals surface area contributed by atoms with Crippen molar-refractivity contribution in [2.45, 2.75) is 26.2 Å². The average Bonchev–Trinajstić information content (AvgIpc) is 3.40. The number of esters is 1. The molecule has 0 bridgehead atoms. The Bertz CT molecular complexity index is 1500. The van der Waals surface area contributed by atoms with Crippen LogP contribution >= 0.6 is 23.2 Å². The summed E-state index contributed by atoms with van der Waals surface area (Å²) in [6.07, 6.45) is 1.44. The van der Waals surface area contributed by atoms with Gasteiger partial charge in [-0.3, -0.25) is 0 Å². The molecular weight excluding hydrogens is 527 g/mol. The van der Waals surface area contributed by atoms with Crippen LogP contribution in [0.2, 0.25) is 10.0 Å². The number of halogens is 2. The number of rotatable bonds is 8. The standard InChI is InChI=1S/C28H24Cl2N4O4/c1-17-25(27(35)38-14-18-6-4-3-5-7-18)26(34-28(33-17)31-16-32-34)20-9-11-23(24(13-20)36-2)37-15-19-8-10-21(29)22(30)12-19/h3-13,16,26H,14-15H2,1-2H3,(H,31,32,33). The zero-order chi connectivity index (χ0) is 26.6. The van der Waals surface area contributed by atoms with E-state index in [0.717, 1.165) is 16.7 Å². The quantitative estimate of drug-likeness (QED) is 0.261. The number of aromatic nitrogens is 3. The Morgan fingerprint density at radius 2 is 1.79 bits per heavy atom. The lowest BCUT2D eigenvalue weighted by atomic mass is 9.95. The molecule has 0 saturated carbocycles. The van der Waals surface area contributed by atoms with Crippen molar-refractivity contribution in [2.24, 2.45) is 0 Å². The molecule has 0 spiro atoms. The average molecular weight is 551 g/mol. The second-order valence-corrected chi connectivity index (χ2v) is 9.42. The van der Waals surface area contributed by atoms with Gasteiger partial charge in [-0.2, -0.15) is 10.1 Å². The van der Waals surface area contributed by atoms with Gasteiger partial charge in [-0.1, -0.05) is 65.7 Å².